The molecule has 2 aromatic carbocycles. The van der Waals surface area contributed by atoms with Gasteiger partial charge in [-0.3, -0.25) is 14.2 Å². The maximum Gasteiger partial charge on any atom is 0.251 e. The molecule has 8 heteroatoms. The summed E-state index contributed by atoms with van der Waals surface area (Å²) in [5.41, 5.74) is 11.1. The molecule has 5 rings (SSSR count). The van der Waals surface area contributed by atoms with Gasteiger partial charge in [0.05, 0.1) is 22.3 Å². The summed E-state index contributed by atoms with van der Waals surface area (Å²) in [6, 6.07) is 16.2. The molecule has 162 valence electrons. The van der Waals surface area contributed by atoms with E-state index in [0.717, 1.165) is 57.1 Å². The number of carbonyl (C=O) groups is 2. The molecule has 32 heavy (non-hydrogen) atoms. The van der Waals surface area contributed by atoms with Gasteiger partial charge in [0, 0.05) is 10.6 Å². The molecule has 3 N–H and O–H groups in total. The van der Waals surface area contributed by atoms with Crippen molar-refractivity contribution in [3.8, 4) is 5.69 Å². The Morgan fingerprint density at radius 2 is 2.03 bits per heavy atom. The molecule has 4 aromatic rings. The quantitative estimate of drug-likeness (QED) is 0.406. The lowest BCUT2D eigenvalue weighted by molar-refractivity contribution is -0.113. The van der Waals surface area contributed by atoms with Crippen LogP contribution in [0.25, 0.3) is 16.7 Å². The maximum absolute atomic E-state index is 12.8. The number of benzene rings is 2. The largest absolute Gasteiger partial charge is 0.365 e. The van der Waals surface area contributed by atoms with Crippen molar-refractivity contribution in [1.29, 1.82) is 0 Å². The van der Waals surface area contributed by atoms with Gasteiger partial charge in [-0.2, -0.15) is 0 Å². The molecule has 0 bridgehead atoms. The second-order valence-electron chi connectivity index (χ2n) is 7.82. The van der Waals surface area contributed by atoms with Gasteiger partial charge in [-0.05, 0) is 61.6 Å². The summed E-state index contributed by atoms with van der Waals surface area (Å²) in [6.07, 6.45) is 2.81. The van der Waals surface area contributed by atoms with E-state index in [1.807, 2.05) is 36.4 Å². The first-order valence-corrected chi connectivity index (χ1v) is 12.2. The van der Waals surface area contributed by atoms with Crippen LogP contribution in [0.5, 0.6) is 0 Å². The van der Waals surface area contributed by atoms with Crippen molar-refractivity contribution in [2.45, 2.75) is 31.3 Å². The van der Waals surface area contributed by atoms with Gasteiger partial charge < -0.3 is 11.1 Å². The number of aryl methyl sites for hydroxylation is 2. The molecule has 1 aliphatic carbocycles. The maximum atomic E-state index is 12.8. The molecule has 0 spiro atoms. The molecule has 0 radical (unpaired) electrons. The van der Waals surface area contributed by atoms with E-state index >= 15 is 0 Å². The molecular weight excluding hydrogens is 440 g/mol. The minimum Gasteiger partial charge on any atom is -0.365 e. The van der Waals surface area contributed by atoms with Crippen molar-refractivity contribution in [2.24, 2.45) is 5.73 Å². The zero-order chi connectivity index (χ0) is 22.2. The first-order chi connectivity index (χ1) is 15.5. The van der Waals surface area contributed by atoms with Crippen LogP contribution >= 0.6 is 23.1 Å². The number of anilines is 1. The van der Waals surface area contributed by atoms with Gasteiger partial charge in [0.25, 0.3) is 5.91 Å². The smallest absolute Gasteiger partial charge is 0.251 e. The Kier molecular flexibility index (Phi) is 5.48. The number of fused-ring (bicyclic) bond motifs is 2. The number of nitrogens with zero attached hydrogens (tertiary/aromatic N) is 2. The zero-order valence-corrected chi connectivity index (χ0v) is 19.2. The summed E-state index contributed by atoms with van der Waals surface area (Å²) >= 11 is 2.84. The Hall–Kier alpha value is -3.10. The number of rotatable bonds is 6. The SMILES string of the molecule is Cc1cccc(-n2c(SCC(=O)Nc3sc4c(c3C(N)=O)CCC4)nc3ccccc32)c1. The lowest BCUT2D eigenvalue weighted by Crippen LogP contribution is -2.19. The van der Waals surface area contributed by atoms with E-state index < -0.39 is 5.91 Å². The highest BCUT2D eigenvalue weighted by Gasteiger charge is 2.26. The molecule has 0 atom stereocenters. The van der Waals surface area contributed by atoms with Crippen LogP contribution < -0.4 is 11.1 Å². The molecule has 2 aromatic heterocycles. The Bertz CT molecular complexity index is 1360. The molecule has 2 amide bonds. The van der Waals surface area contributed by atoms with Gasteiger partial charge in [-0.1, -0.05) is 36.0 Å². The van der Waals surface area contributed by atoms with E-state index in [0.29, 0.717) is 10.6 Å². The number of hydrogen-bond donors (Lipinski definition) is 2. The van der Waals surface area contributed by atoms with Crippen molar-refractivity contribution in [1.82, 2.24) is 9.55 Å². The molecule has 1 aliphatic rings. The lowest BCUT2D eigenvalue weighted by atomic mass is 10.1. The fraction of sp³-hybridized carbons (Fsp3) is 0.208. The van der Waals surface area contributed by atoms with Crippen LogP contribution in [0.1, 0.15) is 32.8 Å². The van der Waals surface area contributed by atoms with E-state index in [1.165, 1.54) is 23.1 Å². The predicted molar refractivity (Wildman–Crippen MR) is 130 cm³/mol. The van der Waals surface area contributed by atoms with Crippen molar-refractivity contribution < 1.29 is 9.59 Å². The Labute approximate surface area is 193 Å². The third kappa shape index (κ3) is 3.80. The summed E-state index contributed by atoms with van der Waals surface area (Å²) in [6.45, 7) is 2.05. The number of thiophene rings is 1. The van der Waals surface area contributed by atoms with Gasteiger partial charge in [-0.15, -0.1) is 11.3 Å². The van der Waals surface area contributed by atoms with Crippen LogP contribution in [0.3, 0.4) is 0 Å². The minimum atomic E-state index is -0.478. The average molecular weight is 463 g/mol. The van der Waals surface area contributed by atoms with Gasteiger partial charge in [0.2, 0.25) is 5.91 Å². The number of amides is 2. The van der Waals surface area contributed by atoms with Gasteiger partial charge in [0.1, 0.15) is 5.00 Å². The highest BCUT2D eigenvalue weighted by atomic mass is 32.2. The number of hydrogen-bond acceptors (Lipinski definition) is 5. The van der Waals surface area contributed by atoms with E-state index in [1.54, 1.807) is 0 Å². The molecule has 0 fully saturated rings. The fourth-order valence-electron chi connectivity index (χ4n) is 4.16. The van der Waals surface area contributed by atoms with Crippen LogP contribution in [0.2, 0.25) is 0 Å². The van der Waals surface area contributed by atoms with Crippen LogP contribution in [-0.2, 0) is 17.6 Å². The number of aromatic nitrogens is 2. The third-order valence-electron chi connectivity index (χ3n) is 5.54. The van der Waals surface area contributed by atoms with E-state index in [2.05, 4.69) is 28.9 Å². The summed E-state index contributed by atoms with van der Waals surface area (Å²) < 4.78 is 2.08. The van der Waals surface area contributed by atoms with Crippen LogP contribution in [0.4, 0.5) is 5.00 Å². The second-order valence-corrected chi connectivity index (χ2v) is 9.87. The third-order valence-corrected chi connectivity index (χ3v) is 7.69. The second kappa shape index (κ2) is 8.44. The fourth-order valence-corrected chi connectivity index (χ4v) is 6.30. The number of primary amides is 1. The molecule has 0 saturated heterocycles. The van der Waals surface area contributed by atoms with E-state index in [-0.39, 0.29) is 11.7 Å². The summed E-state index contributed by atoms with van der Waals surface area (Å²) in [4.78, 5) is 30.7. The number of carbonyl (C=O) groups excluding carboxylic acids is 2. The Balaban J connectivity index is 1.40. The molecule has 0 aliphatic heterocycles. The molecule has 2 heterocycles. The summed E-state index contributed by atoms with van der Waals surface area (Å²) in [5, 5.41) is 4.23. The van der Waals surface area contributed by atoms with E-state index in [9.17, 15) is 9.59 Å². The predicted octanol–water partition coefficient (Wildman–Crippen LogP) is 4.71. The first-order valence-electron chi connectivity index (χ1n) is 10.4. The number of nitrogens with two attached hydrogens (primary N) is 1. The van der Waals surface area contributed by atoms with Crippen LogP contribution in [0, 0.1) is 6.92 Å². The summed E-state index contributed by atoms with van der Waals surface area (Å²) in [5.74, 6) is -0.482. The Morgan fingerprint density at radius 1 is 1.19 bits per heavy atom. The highest BCUT2D eigenvalue weighted by Crippen LogP contribution is 2.39. The number of imidazole rings is 1. The lowest BCUT2D eigenvalue weighted by Gasteiger charge is -2.10. The topological polar surface area (TPSA) is 90.0 Å². The highest BCUT2D eigenvalue weighted by molar-refractivity contribution is 7.99. The van der Waals surface area contributed by atoms with Gasteiger partial charge in [-0.25, -0.2) is 4.98 Å². The number of para-hydroxylation sites is 2. The normalized spacial score (nSPS) is 12.8. The summed E-state index contributed by atoms with van der Waals surface area (Å²) in [7, 11) is 0. The number of thioether (sulfide) groups is 1. The van der Waals surface area contributed by atoms with Crippen molar-refractivity contribution in [3.63, 3.8) is 0 Å². The molecule has 0 unspecified atom stereocenters. The van der Waals surface area contributed by atoms with Crippen LogP contribution in [0.15, 0.2) is 53.7 Å². The number of nitrogens with one attached hydrogen (secondary N) is 1. The minimum absolute atomic E-state index is 0.176. The molecule has 6 nitrogen and oxygen atoms in total. The zero-order valence-electron chi connectivity index (χ0n) is 17.6. The first kappa shape index (κ1) is 20.8. The van der Waals surface area contributed by atoms with Gasteiger partial charge >= 0.3 is 0 Å². The standard InChI is InChI=1S/C24H22N4O2S2/c1-14-6-4-7-15(12-14)28-18-10-3-2-9-17(18)26-24(28)31-13-20(29)27-23-21(22(25)30)16-8-5-11-19(16)32-23/h2-4,6-7,9-10,12H,5,8,11,13H2,1H3,(H2,25,30)(H,27,29). The van der Waals surface area contributed by atoms with Crippen molar-refractivity contribution in [3.05, 3.63) is 70.1 Å². The van der Waals surface area contributed by atoms with E-state index in [4.69, 9.17) is 10.7 Å². The molecular formula is C24H22N4O2S2. The monoisotopic (exact) mass is 462 g/mol. The van der Waals surface area contributed by atoms with Crippen LogP contribution in [-0.4, -0.2) is 27.1 Å². The van der Waals surface area contributed by atoms with Crippen molar-refractivity contribution >= 4 is 50.9 Å². The van der Waals surface area contributed by atoms with Gasteiger partial charge in [0.15, 0.2) is 5.16 Å². The average Bonchev–Trinajstić information content (AvgIpc) is 3.44. The van der Waals surface area contributed by atoms with Crippen molar-refractivity contribution in [2.75, 3.05) is 11.1 Å². The Morgan fingerprint density at radius 3 is 2.84 bits per heavy atom. The molecule has 0 saturated carbocycles.